The monoisotopic (exact) mass is 886 g/mol. The fourth-order valence-corrected chi connectivity index (χ4v) is 10.8. The van der Waals surface area contributed by atoms with E-state index >= 15 is 13.6 Å². The number of carboxylic acid groups (broad SMARTS) is 1. The normalized spacial score (nSPS) is 32.0. The molecule has 4 amide bonds. The maximum absolute atomic E-state index is 17.9. The summed E-state index contributed by atoms with van der Waals surface area (Å²) >= 11 is 0. The zero-order valence-electron chi connectivity index (χ0n) is 36.4. The van der Waals surface area contributed by atoms with E-state index in [0.717, 1.165) is 17.5 Å². The number of nitrogens with one attached hydrogen (secondary N) is 2. The van der Waals surface area contributed by atoms with E-state index in [9.17, 15) is 27.9 Å². The van der Waals surface area contributed by atoms with Gasteiger partial charge in [-0.3, -0.25) is 28.9 Å². The van der Waals surface area contributed by atoms with E-state index in [1.165, 1.54) is 13.1 Å². The number of halogens is 2. The second-order valence-electron chi connectivity index (χ2n) is 18.5. The molecule has 0 radical (unpaired) electrons. The summed E-state index contributed by atoms with van der Waals surface area (Å²) in [4.78, 5) is 65.2. The molecule has 2 saturated carbocycles. The molecular weight excluding hydrogens is 827 g/mol. The molecule has 5 aliphatic rings. The maximum atomic E-state index is 17.9. The minimum absolute atomic E-state index is 0.0135. The number of alkyl halides is 2. The molecular formula is C44H60F2N6O9S. The molecule has 3 aliphatic heterocycles. The van der Waals surface area contributed by atoms with Gasteiger partial charge in [-0.15, -0.1) is 0 Å². The van der Waals surface area contributed by atoms with Gasteiger partial charge < -0.3 is 24.8 Å². The highest BCUT2D eigenvalue weighted by molar-refractivity contribution is 7.91. The van der Waals surface area contributed by atoms with Gasteiger partial charge in [-0.05, 0) is 83.6 Å². The fourth-order valence-electron chi connectivity index (χ4n) is 9.47. The summed E-state index contributed by atoms with van der Waals surface area (Å²) in [7, 11) is -4.17. The van der Waals surface area contributed by atoms with Crippen LogP contribution in [0.4, 0.5) is 19.3 Å². The van der Waals surface area contributed by atoms with E-state index in [1.807, 2.05) is 19.1 Å². The first-order valence-electron chi connectivity index (χ1n) is 21.9. The number of hydrogen-bond acceptors (Lipinski definition) is 10. The molecule has 0 bridgehead atoms. The van der Waals surface area contributed by atoms with Crippen molar-refractivity contribution in [3.8, 4) is 5.88 Å². The quantitative estimate of drug-likeness (QED) is 0.193. The first-order chi connectivity index (χ1) is 29.2. The van der Waals surface area contributed by atoms with Gasteiger partial charge in [-0.25, -0.2) is 18.2 Å². The van der Waals surface area contributed by atoms with Gasteiger partial charge in [0.2, 0.25) is 21.8 Å². The zero-order chi connectivity index (χ0) is 45.0. The predicted molar refractivity (Wildman–Crippen MR) is 227 cm³/mol. The Labute approximate surface area is 362 Å². The number of allylic oxidation sites excluding steroid dienone is 1. The number of ether oxygens (including phenoxy) is 2. The Kier molecular flexibility index (Phi) is 12.3. The van der Waals surface area contributed by atoms with Crippen LogP contribution in [0.5, 0.6) is 5.88 Å². The number of fused-ring (bicyclic) bond motifs is 3. The lowest BCUT2D eigenvalue weighted by molar-refractivity contribution is -0.219. The first kappa shape index (κ1) is 45.4. The Morgan fingerprint density at radius 2 is 1.79 bits per heavy atom. The average molecular weight is 887 g/mol. The lowest BCUT2D eigenvalue weighted by atomic mass is 9.83. The van der Waals surface area contributed by atoms with Crippen molar-refractivity contribution in [1.82, 2.24) is 24.8 Å². The molecule has 4 fully saturated rings. The molecule has 2 saturated heterocycles. The molecule has 2 aromatic rings. The van der Waals surface area contributed by atoms with Crippen LogP contribution in [0.2, 0.25) is 0 Å². The Morgan fingerprint density at radius 3 is 2.42 bits per heavy atom. The molecule has 2 aliphatic carbocycles. The summed E-state index contributed by atoms with van der Waals surface area (Å²) < 4.78 is 75.3. The lowest BCUT2D eigenvalue weighted by Crippen LogP contribution is -2.65. The van der Waals surface area contributed by atoms with Crippen molar-refractivity contribution in [2.75, 3.05) is 31.2 Å². The number of hydrogen-bond donors (Lipinski definition) is 3. The third kappa shape index (κ3) is 8.09. The number of benzene rings is 1. The van der Waals surface area contributed by atoms with Gasteiger partial charge in [0.1, 0.15) is 17.6 Å². The molecule has 0 spiro atoms. The van der Waals surface area contributed by atoms with Gasteiger partial charge in [-0.2, -0.15) is 8.78 Å². The smallest absolute Gasteiger partial charge is 0.408 e. The molecule has 1 aromatic carbocycles. The number of amides is 4. The number of rotatable bonds is 10. The molecule has 7 rings (SSSR count). The highest BCUT2D eigenvalue weighted by Gasteiger charge is 2.71. The number of nitrogens with zero attached hydrogens (tertiary/aromatic N) is 4. The minimum Gasteiger partial charge on any atom is -0.465 e. The molecule has 1 aromatic heterocycles. The SMILES string of the molecule is CCC(C)N(C(=O)O)[C@@H]1C(=O)N2[C@@H](C[C@@](C)(Oc3ncc(N4CCOCC4)c4ccccc34)C2(F)F)C(=O)N[C@]2(C(=O)NS(=O)(=O)C3(C)CC3)C[C@H]2/C=C\CC[C@@H](C)C[C@H]1CC. The van der Waals surface area contributed by atoms with Crippen molar-refractivity contribution < 1.29 is 51.0 Å². The Bertz CT molecular complexity index is 2220. The number of aromatic nitrogens is 1. The highest BCUT2D eigenvalue weighted by atomic mass is 32.2. The van der Waals surface area contributed by atoms with Crippen molar-refractivity contribution in [2.24, 2.45) is 17.8 Å². The van der Waals surface area contributed by atoms with Gasteiger partial charge in [0.05, 0.1) is 29.8 Å². The summed E-state index contributed by atoms with van der Waals surface area (Å²) in [6.07, 6.45) is 5.53. The number of morpholine rings is 1. The molecule has 8 atom stereocenters. The third-order valence-corrected chi connectivity index (χ3v) is 16.3. The number of pyridine rings is 1. The van der Waals surface area contributed by atoms with E-state index in [4.69, 9.17) is 9.47 Å². The maximum Gasteiger partial charge on any atom is 0.408 e. The van der Waals surface area contributed by atoms with E-state index in [2.05, 4.69) is 19.9 Å². The van der Waals surface area contributed by atoms with Gasteiger partial charge in [-0.1, -0.05) is 57.5 Å². The van der Waals surface area contributed by atoms with Crippen LogP contribution in [0.3, 0.4) is 0 Å². The van der Waals surface area contributed by atoms with Crippen LogP contribution in [0, 0.1) is 17.8 Å². The predicted octanol–water partition coefficient (Wildman–Crippen LogP) is 5.83. The number of carbonyl (C=O) groups is 4. The second-order valence-corrected chi connectivity index (χ2v) is 20.7. The summed E-state index contributed by atoms with van der Waals surface area (Å²) in [5.74, 6) is -5.05. The Hall–Kier alpha value is -4.58. The molecule has 62 heavy (non-hydrogen) atoms. The van der Waals surface area contributed by atoms with E-state index < -0.39 is 92.2 Å². The van der Waals surface area contributed by atoms with Gasteiger partial charge in [0.15, 0.2) is 5.60 Å². The largest absolute Gasteiger partial charge is 0.465 e. The van der Waals surface area contributed by atoms with Crippen LogP contribution < -0.4 is 19.7 Å². The fraction of sp³-hybridized carbons (Fsp3) is 0.659. The summed E-state index contributed by atoms with van der Waals surface area (Å²) in [5.41, 5.74) is -3.71. The zero-order valence-corrected chi connectivity index (χ0v) is 37.2. The molecule has 4 heterocycles. The number of anilines is 1. The van der Waals surface area contributed by atoms with E-state index in [0.29, 0.717) is 69.2 Å². The van der Waals surface area contributed by atoms with E-state index in [1.54, 1.807) is 45.0 Å². The second kappa shape index (κ2) is 16.8. The lowest BCUT2D eigenvalue weighted by Gasteiger charge is -2.43. The van der Waals surface area contributed by atoms with Crippen molar-refractivity contribution in [1.29, 1.82) is 0 Å². The summed E-state index contributed by atoms with van der Waals surface area (Å²) in [5, 5.41) is 14.4. The molecule has 15 nitrogen and oxygen atoms in total. The third-order valence-electron chi connectivity index (χ3n) is 14.1. The van der Waals surface area contributed by atoms with Crippen molar-refractivity contribution in [3.05, 3.63) is 42.6 Å². The summed E-state index contributed by atoms with van der Waals surface area (Å²) in [6, 6.07) is -1.62. The molecule has 340 valence electrons. The van der Waals surface area contributed by atoms with Gasteiger partial charge >= 0.3 is 12.1 Å². The van der Waals surface area contributed by atoms with Gasteiger partial charge in [0, 0.05) is 42.2 Å². The number of sulfonamides is 1. The minimum atomic E-state index is -4.27. The van der Waals surface area contributed by atoms with Crippen molar-refractivity contribution >= 4 is 50.3 Å². The standard InChI is InChI=1S/C44H60F2N6O9S/c1-7-28(4)51(40(56)57)35-29(8-2)23-27(3)13-9-10-14-30-24-43(30,39(55)49-62(58,59)41(5)17-18-41)48-36(53)33-25-42(6,44(45,46)52(33)38(35)54)61-37-32-16-12-11-15-31(32)34(26-47-37)50-19-21-60-22-20-50/h10-12,14-16,26-30,33,35H,7-9,13,17-25H2,1-6H3,(H,48,53)(H,49,55)(H,56,57)/b14-10-/t27-,28?,29-,30-,33+,35+,42-,43-/m1/s1. The Balaban J connectivity index is 1.34. The van der Waals surface area contributed by atoms with Crippen LogP contribution in [-0.4, -0.2) is 118 Å². The first-order valence-corrected chi connectivity index (χ1v) is 23.4. The van der Waals surface area contributed by atoms with Crippen LogP contribution in [0.25, 0.3) is 10.8 Å². The van der Waals surface area contributed by atoms with Crippen LogP contribution in [0.1, 0.15) is 99.3 Å². The van der Waals surface area contributed by atoms with Crippen molar-refractivity contribution in [2.45, 2.75) is 139 Å². The van der Waals surface area contributed by atoms with Crippen LogP contribution in [0.15, 0.2) is 42.6 Å². The van der Waals surface area contributed by atoms with E-state index in [-0.39, 0.29) is 36.0 Å². The molecule has 3 N–H and O–H groups in total. The molecule has 1 unspecified atom stereocenters. The highest BCUT2D eigenvalue weighted by Crippen LogP contribution is 2.52. The Morgan fingerprint density at radius 1 is 1.11 bits per heavy atom. The van der Waals surface area contributed by atoms with Crippen LogP contribution >= 0.6 is 0 Å². The topological polar surface area (TPSA) is 188 Å². The molecule has 18 heteroatoms. The van der Waals surface area contributed by atoms with Crippen LogP contribution in [-0.2, 0) is 29.1 Å². The number of carbonyl (C=O) groups excluding carboxylic acids is 3. The van der Waals surface area contributed by atoms with Gasteiger partial charge in [0.25, 0.3) is 11.8 Å². The van der Waals surface area contributed by atoms with Crippen molar-refractivity contribution in [3.63, 3.8) is 0 Å². The summed E-state index contributed by atoms with van der Waals surface area (Å²) in [6.45, 7) is 11.8. The average Bonchev–Trinajstić information content (AvgIpc) is 4.14.